The van der Waals surface area contributed by atoms with Crippen LogP contribution in [0.4, 0.5) is 0 Å². The molecule has 1 aromatic carbocycles. The van der Waals surface area contributed by atoms with E-state index in [1.54, 1.807) is 19.0 Å². The SMILES string of the molecule is CN(C)C(=O)c1cccc(CCN=C(N(C)C)N(C)C)c1. The Kier molecular flexibility index (Phi) is 6.21. The summed E-state index contributed by atoms with van der Waals surface area (Å²) < 4.78 is 0. The molecule has 0 radical (unpaired) electrons. The number of hydrogen-bond acceptors (Lipinski definition) is 2. The number of benzene rings is 1. The summed E-state index contributed by atoms with van der Waals surface area (Å²) in [5.41, 5.74) is 1.85. The molecule has 116 valence electrons. The molecule has 21 heavy (non-hydrogen) atoms. The molecule has 0 fully saturated rings. The van der Waals surface area contributed by atoms with Gasteiger partial charge in [-0.25, -0.2) is 0 Å². The van der Waals surface area contributed by atoms with Crippen molar-refractivity contribution in [1.82, 2.24) is 14.7 Å². The monoisotopic (exact) mass is 290 g/mol. The molecule has 0 aliphatic heterocycles. The fourth-order valence-corrected chi connectivity index (χ4v) is 2.09. The summed E-state index contributed by atoms with van der Waals surface area (Å²) in [6.07, 6.45) is 0.819. The first-order valence-corrected chi connectivity index (χ1v) is 7.02. The predicted molar refractivity (Wildman–Crippen MR) is 87.8 cm³/mol. The van der Waals surface area contributed by atoms with Crippen LogP contribution in [0.5, 0.6) is 0 Å². The summed E-state index contributed by atoms with van der Waals surface area (Å²) in [6, 6.07) is 7.75. The Bertz CT molecular complexity index is 497. The van der Waals surface area contributed by atoms with Crippen molar-refractivity contribution in [3.63, 3.8) is 0 Å². The van der Waals surface area contributed by atoms with Crippen molar-refractivity contribution in [2.24, 2.45) is 4.99 Å². The van der Waals surface area contributed by atoms with E-state index in [2.05, 4.69) is 4.99 Å². The summed E-state index contributed by atoms with van der Waals surface area (Å²) in [5.74, 6) is 0.971. The maximum atomic E-state index is 11.9. The van der Waals surface area contributed by atoms with Crippen LogP contribution >= 0.6 is 0 Å². The average molecular weight is 290 g/mol. The average Bonchev–Trinajstić information content (AvgIpc) is 2.42. The van der Waals surface area contributed by atoms with Gasteiger partial charge in [-0.1, -0.05) is 12.1 Å². The number of carbonyl (C=O) groups excluding carboxylic acids is 1. The van der Waals surface area contributed by atoms with Crippen LogP contribution in [0.25, 0.3) is 0 Å². The summed E-state index contributed by atoms with van der Waals surface area (Å²) in [5, 5.41) is 0. The van der Waals surface area contributed by atoms with Gasteiger partial charge in [0.25, 0.3) is 5.91 Å². The second-order valence-electron chi connectivity index (χ2n) is 5.62. The number of nitrogens with zero attached hydrogens (tertiary/aromatic N) is 4. The van der Waals surface area contributed by atoms with Crippen LogP contribution in [0, 0.1) is 0 Å². The van der Waals surface area contributed by atoms with Crippen LogP contribution in [0.1, 0.15) is 15.9 Å². The Morgan fingerprint density at radius 2 is 1.62 bits per heavy atom. The molecule has 0 heterocycles. The molecule has 0 bridgehead atoms. The summed E-state index contributed by atoms with van der Waals surface area (Å²) in [4.78, 5) is 22.1. The lowest BCUT2D eigenvalue weighted by Gasteiger charge is -2.22. The van der Waals surface area contributed by atoms with Crippen molar-refractivity contribution in [3.05, 3.63) is 35.4 Å². The molecule has 0 saturated heterocycles. The van der Waals surface area contributed by atoms with Gasteiger partial charge in [-0.15, -0.1) is 0 Å². The Labute approximate surface area is 127 Å². The Hall–Kier alpha value is -2.04. The van der Waals surface area contributed by atoms with Crippen molar-refractivity contribution in [1.29, 1.82) is 0 Å². The van der Waals surface area contributed by atoms with Gasteiger partial charge in [-0.2, -0.15) is 0 Å². The van der Waals surface area contributed by atoms with Gasteiger partial charge in [0, 0.05) is 54.4 Å². The number of carbonyl (C=O) groups is 1. The summed E-state index contributed by atoms with van der Waals surface area (Å²) in [7, 11) is 11.5. The van der Waals surface area contributed by atoms with Crippen LogP contribution in [-0.4, -0.2) is 75.4 Å². The first-order chi connectivity index (χ1) is 9.82. The van der Waals surface area contributed by atoms with Crippen molar-refractivity contribution in [3.8, 4) is 0 Å². The minimum Gasteiger partial charge on any atom is -0.349 e. The van der Waals surface area contributed by atoms with Gasteiger partial charge in [0.05, 0.1) is 0 Å². The van der Waals surface area contributed by atoms with E-state index in [1.807, 2.05) is 62.3 Å². The van der Waals surface area contributed by atoms with Gasteiger partial charge >= 0.3 is 0 Å². The van der Waals surface area contributed by atoms with E-state index >= 15 is 0 Å². The van der Waals surface area contributed by atoms with Crippen LogP contribution in [0.2, 0.25) is 0 Å². The fraction of sp³-hybridized carbons (Fsp3) is 0.500. The second-order valence-corrected chi connectivity index (χ2v) is 5.62. The number of amides is 1. The molecule has 0 aliphatic carbocycles. The van der Waals surface area contributed by atoms with Crippen LogP contribution < -0.4 is 0 Å². The summed E-state index contributed by atoms with van der Waals surface area (Å²) >= 11 is 0. The minimum absolute atomic E-state index is 0.0302. The largest absolute Gasteiger partial charge is 0.349 e. The molecule has 5 heteroatoms. The number of guanidine groups is 1. The Morgan fingerprint density at radius 1 is 1.00 bits per heavy atom. The lowest BCUT2D eigenvalue weighted by Crippen LogP contribution is -2.35. The molecule has 1 rings (SSSR count). The topological polar surface area (TPSA) is 39.2 Å². The predicted octanol–water partition coefficient (Wildman–Crippen LogP) is 1.41. The highest BCUT2D eigenvalue weighted by atomic mass is 16.2. The van der Waals surface area contributed by atoms with E-state index in [0.29, 0.717) is 6.54 Å². The third-order valence-electron chi connectivity index (χ3n) is 3.03. The smallest absolute Gasteiger partial charge is 0.253 e. The van der Waals surface area contributed by atoms with Crippen molar-refractivity contribution < 1.29 is 4.79 Å². The van der Waals surface area contributed by atoms with Gasteiger partial charge in [0.15, 0.2) is 5.96 Å². The van der Waals surface area contributed by atoms with Crippen molar-refractivity contribution >= 4 is 11.9 Å². The van der Waals surface area contributed by atoms with E-state index in [9.17, 15) is 4.79 Å². The first kappa shape index (κ1) is 17.0. The van der Waals surface area contributed by atoms with Gasteiger partial charge in [-0.05, 0) is 24.1 Å². The molecular weight excluding hydrogens is 264 g/mol. The van der Waals surface area contributed by atoms with E-state index < -0.39 is 0 Å². The molecule has 5 nitrogen and oxygen atoms in total. The number of hydrogen-bond donors (Lipinski definition) is 0. The molecule has 0 spiro atoms. The zero-order chi connectivity index (χ0) is 16.0. The van der Waals surface area contributed by atoms with E-state index in [0.717, 1.165) is 23.5 Å². The molecule has 0 aliphatic rings. The van der Waals surface area contributed by atoms with Gasteiger partial charge in [0.2, 0.25) is 0 Å². The van der Waals surface area contributed by atoms with Crippen molar-refractivity contribution in [2.45, 2.75) is 6.42 Å². The third kappa shape index (κ3) is 5.10. The number of rotatable bonds is 4. The maximum Gasteiger partial charge on any atom is 0.253 e. The summed E-state index contributed by atoms with van der Waals surface area (Å²) in [6.45, 7) is 0.700. The third-order valence-corrected chi connectivity index (χ3v) is 3.03. The standard InChI is InChI=1S/C16H26N4O/c1-18(2)15(21)14-9-7-8-13(12-14)10-11-17-16(19(3)4)20(5)6/h7-9,12H,10-11H2,1-6H3. The zero-order valence-corrected chi connectivity index (χ0v) is 13.9. The van der Waals surface area contributed by atoms with E-state index in [1.165, 1.54) is 0 Å². The van der Waals surface area contributed by atoms with Gasteiger partial charge in [-0.3, -0.25) is 9.79 Å². The van der Waals surface area contributed by atoms with Crippen LogP contribution in [0.3, 0.4) is 0 Å². The minimum atomic E-state index is 0.0302. The number of aliphatic imine (C=N–C) groups is 1. The van der Waals surface area contributed by atoms with Gasteiger partial charge < -0.3 is 14.7 Å². The molecule has 0 N–H and O–H groups in total. The molecule has 0 atom stereocenters. The van der Waals surface area contributed by atoms with E-state index in [-0.39, 0.29) is 5.91 Å². The molecule has 0 saturated carbocycles. The van der Waals surface area contributed by atoms with Crippen LogP contribution in [-0.2, 0) is 6.42 Å². The quantitative estimate of drug-likeness (QED) is 0.622. The van der Waals surface area contributed by atoms with Crippen LogP contribution in [0.15, 0.2) is 29.3 Å². The maximum absolute atomic E-state index is 11.9. The molecule has 0 aromatic heterocycles. The molecular formula is C16H26N4O. The lowest BCUT2D eigenvalue weighted by atomic mass is 10.1. The zero-order valence-electron chi connectivity index (χ0n) is 13.9. The highest BCUT2D eigenvalue weighted by Crippen LogP contribution is 2.08. The lowest BCUT2D eigenvalue weighted by molar-refractivity contribution is 0.0827. The first-order valence-electron chi connectivity index (χ1n) is 7.02. The molecule has 0 unspecified atom stereocenters. The highest BCUT2D eigenvalue weighted by molar-refractivity contribution is 5.94. The van der Waals surface area contributed by atoms with E-state index in [4.69, 9.17) is 0 Å². The fourth-order valence-electron chi connectivity index (χ4n) is 2.09. The highest BCUT2D eigenvalue weighted by Gasteiger charge is 2.08. The Morgan fingerprint density at radius 3 is 2.14 bits per heavy atom. The Balaban J connectivity index is 2.74. The molecule has 1 amide bonds. The normalized spacial score (nSPS) is 10.0. The molecule has 1 aromatic rings. The second kappa shape index (κ2) is 7.67. The van der Waals surface area contributed by atoms with Crippen molar-refractivity contribution in [2.75, 3.05) is 48.8 Å². The van der Waals surface area contributed by atoms with Gasteiger partial charge in [0.1, 0.15) is 0 Å².